The molecule has 0 saturated heterocycles. The van der Waals surface area contributed by atoms with Crippen molar-refractivity contribution in [3.05, 3.63) is 58.6 Å². The minimum atomic E-state index is -0.448. The van der Waals surface area contributed by atoms with E-state index in [1.54, 1.807) is 36.4 Å². The van der Waals surface area contributed by atoms with Crippen molar-refractivity contribution in [3.8, 4) is 0 Å². The maximum absolute atomic E-state index is 11.9. The molecule has 8 heteroatoms. The lowest BCUT2D eigenvalue weighted by Gasteiger charge is -2.08. The highest BCUT2D eigenvalue weighted by Crippen LogP contribution is 2.16. The van der Waals surface area contributed by atoms with Gasteiger partial charge in [0.15, 0.2) is 0 Å². The Balaban J connectivity index is 1.70. The van der Waals surface area contributed by atoms with E-state index in [0.29, 0.717) is 30.8 Å². The predicted octanol–water partition coefficient (Wildman–Crippen LogP) is 3.38. The summed E-state index contributed by atoms with van der Waals surface area (Å²) >= 11 is 0. The van der Waals surface area contributed by atoms with E-state index in [9.17, 15) is 19.7 Å². The molecule has 2 amide bonds. The van der Waals surface area contributed by atoms with Crippen molar-refractivity contribution in [2.24, 2.45) is 0 Å². The fourth-order valence-electron chi connectivity index (χ4n) is 2.25. The SMILES string of the molecule is CC(=O)Nc1ccc(NC(=O)CCCNc2ccc([N+](=O)[O-])cc2)cc1. The van der Waals surface area contributed by atoms with E-state index in [1.165, 1.54) is 19.1 Å². The number of benzene rings is 2. The molecular formula is C18H20N4O4. The summed E-state index contributed by atoms with van der Waals surface area (Å²) in [6.07, 6.45) is 0.959. The number of nitrogens with zero attached hydrogens (tertiary/aromatic N) is 1. The Morgan fingerprint density at radius 1 is 0.923 bits per heavy atom. The number of carbonyl (C=O) groups excluding carboxylic acids is 2. The highest BCUT2D eigenvalue weighted by atomic mass is 16.6. The maximum Gasteiger partial charge on any atom is 0.269 e. The van der Waals surface area contributed by atoms with Gasteiger partial charge in [0, 0.05) is 49.1 Å². The first-order valence-electron chi connectivity index (χ1n) is 8.10. The van der Waals surface area contributed by atoms with Gasteiger partial charge in [-0.05, 0) is 42.8 Å². The van der Waals surface area contributed by atoms with Crippen molar-refractivity contribution in [1.29, 1.82) is 0 Å². The van der Waals surface area contributed by atoms with Gasteiger partial charge in [0.2, 0.25) is 11.8 Å². The Kier molecular flexibility index (Phi) is 6.67. The number of non-ortho nitro benzene ring substituents is 1. The zero-order valence-electron chi connectivity index (χ0n) is 14.3. The van der Waals surface area contributed by atoms with Crippen molar-refractivity contribution >= 4 is 34.6 Å². The van der Waals surface area contributed by atoms with E-state index < -0.39 is 4.92 Å². The Labute approximate surface area is 150 Å². The number of nitrogens with one attached hydrogen (secondary N) is 3. The van der Waals surface area contributed by atoms with Gasteiger partial charge in [-0.1, -0.05) is 0 Å². The number of carbonyl (C=O) groups is 2. The van der Waals surface area contributed by atoms with Gasteiger partial charge < -0.3 is 16.0 Å². The molecule has 8 nitrogen and oxygen atoms in total. The van der Waals surface area contributed by atoms with Crippen LogP contribution in [0.4, 0.5) is 22.7 Å². The Morgan fingerprint density at radius 2 is 1.46 bits per heavy atom. The standard InChI is InChI=1S/C18H20N4O4/c1-13(23)20-15-4-6-16(7-5-15)21-18(24)3-2-12-19-14-8-10-17(11-9-14)22(25)26/h4-11,19H,2-3,12H2,1H3,(H,20,23)(H,21,24). The van der Waals surface area contributed by atoms with Crippen LogP contribution in [-0.2, 0) is 9.59 Å². The van der Waals surface area contributed by atoms with Crippen LogP contribution in [0.1, 0.15) is 19.8 Å². The number of nitro groups is 1. The molecule has 0 spiro atoms. The lowest BCUT2D eigenvalue weighted by Crippen LogP contribution is -2.13. The van der Waals surface area contributed by atoms with Crippen molar-refractivity contribution in [3.63, 3.8) is 0 Å². The van der Waals surface area contributed by atoms with Gasteiger partial charge in [0.25, 0.3) is 5.69 Å². The van der Waals surface area contributed by atoms with Crippen molar-refractivity contribution in [1.82, 2.24) is 0 Å². The summed E-state index contributed by atoms with van der Waals surface area (Å²) < 4.78 is 0. The average Bonchev–Trinajstić information content (AvgIpc) is 2.60. The van der Waals surface area contributed by atoms with Crippen molar-refractivity contribution in [2.45, 2.75) is 19.8 Å². The molecule has 136 valence electrons. The number of hydrogen-bond acceptors (Lipinski definition) is 5. The van der Waals surface area contributed by atoms with E-state index in [0.717, 1.165) is 5.69 Å². The summed E-state index contributed by atoms with van der Waals surface area (Å²) in [5, 5.41) is 19.1. The highest BCUT2D eigenvalue weighted by Gasteiger charge is 2.05. The molecule has 2 rings (SSSR count). The zero-order chi connectivity index (χ0) is 18.9. The second kappa shape index (κ2) is 9.16. The molecule has 0 aliphatic carbocycles. The summed E-state index contributed by atoms with van der Waals surface area (Å²) in [6.45, 7) is 2.01. The Hall–Kier alpha value is -3.42. The molecular weight excluding hydrogens is 336 g/mol. The third-order valence-corrected chi connectivity index (χ3v) is 3.48. The van der Waals surface area contributed by atoms with Gasteiger partial charge in [-0.15, -0.1) is 0 Å². The molecule has 0 bridgehead atoms. The largest absolute Gasteiger partial charge is 0.385 e. The van der Waals surface area contributed by atoms with Crippen LogP contribution in [0.5, 0.6) is 0 Å². The van der Waals surface area contributed by atoms with Gasteiger partial charge in [0.05, 0.1) is 4.92 Å². The molecule has 0 fully saturated rings. The summed E-state index contributed by atoms with van der Waals surface area (Å²) in [4.78, 5) is 33.0. The monoisotopic (exact) mass is 356 g/mol. The van der Waals surface area contributed by atoms with Crippen LogP contribution in [0.3, 0.4) is 0 Å². The fourth-order valence-corrected chi connectivity index (χ4v) is 2.25. The number of nitro benzene ring substituents is 1. The topological polar surface area (TPSA) is 113 Å². The normalized spacial score (nSPS) is 10.0. The first-order chi connectivity index (χ1) is 12.4. The van der Waals surface area contributed by atoms with Crippen LogP contribution in [0.25, 0.3) is 0 Å². The number of amides is 2. The van der Waals surface area contributed by atoms with Gasteiger partial charge in [-0.2, -0.15) is 0 Å². The molecule has 2 aromatic rings. The summed E-state index contributed by atoms with van der Waals surface area (Å²) in [6, 6.07) is 13.0. The molecule has 0 atom stereocenters. The molecule has 0 aliphatic rings. The molecule has 0 unspecified atom stereocenters. The molecule has 0 aliphatic heterocycles. The van der Waals surface area contributed by atoms with Gasteiger partial charge in [-0.25, -0.2) is 0 Å². The number of rotatable bonds is 8. The Morgan fingerprint density at radius 3 is 2.00 bits per heavy atom. The van der Waals surface area contributed by atoms with Crippen LogP contribution in [0, 0.1) is 10.1 Å². The second-order valence-corrected chi connectivity index (χ2v) is 5.64. The Bertz CT molecular complexity index is 773. The molecule has 3 N–H and O–H groups in total. The van der Waals surface area contributed by atoms with Crippen LogP contribution < -0.4 is 16.0 Å². The van der Waals surface area contributed by atoms with Crippen molar-refractivity contribution in [2.75, 3.05) is 22.5 Å². The van der Waals surface area contributed by atoms with E-state index in [4.69, 9.17) is 0 Å². The van der Waals surface area contributed by atoms with Crippen LogP contribution in [0.2, 0.25) is 0 Å². The molecule has 0 radical (unpaired) electrons. The van der Waals surface area contributed by atoms with Gasteiger partial charge in [0.1, 0.15) is 0 Å². The molecule has 0 aromatic heterocycles. The first-order valence-corrected chi connectivity index (χ1v) is 8.10. The summed E-state index contributed by atoms with van der Waals surface area (Å²) in [7, 11) is 0. The van der Waals surface area contributed by atoms with E-state index >= 15 is 0 Å². The van der Waals surface area contributed by atoms with E-state index in [2.05, 4.69) is 16.0 Å². The van der Waals surface area contributed by atoms with Crippen LogP contribution in [0.15, 0.2) is 48.5 Å². The molecule has 0 saturated carbocycles. The number of anilines is 3. The molecule has 26 heavy (non-hydrogen) atoms. The summed E-state index contributed by atoms with van der Waals surface area (Å²) in [5.74, 6) is -0.259. The van der Waals surface area contributed by atoms with E-state index in [1.807, 2.05) is 0 Å². The predicted molar refractivity (Wildman–Crippen MR) is 100 cm³/mol. The van der Waals surface area contributed by atoms with Gasteiger partial charge in [-0.3, -0.25) is 19.7 Å². The first kappa shape index (κ1) is 18.9. The highest BCUT2D eigenvalue weighted by molar-refractivity contribution is 5.92. The minimum absolute atomic E-state index is 0.0412. The average molecular weight is 356 g/mol. The van der Waals surface area contributed by atoms with E-state index in [-0.39, 0.29) is 17.5 Å². The maximum atomic E-state index is 11.9. The minimum Gasteiger partial charge on any atom is -0.385 e. The quantitative estimate of drug-likeness (QED) is 0.381. The molecule has 2 aromatic carbocycles. The van der Waals surface area contributed by atoms with Crippen LogP contribution >= 0.6 is 0 Å². The zero-order valence-corrected chi connectivity index (χ0v) is 14.3. The number of hydrogen-bond donors (Lipinski definition) is 3. The summed E-state index contributed by atoms with van der Waals surface area (Å²) in [5.41, 5.74) is 2.14. The lowest BCUT2D eigenvalue weighted by atomic mass is 10.2. The van der Waals surface area contributed by atoms with Crippen molar-refractivity contribution < 1.29 is 14.5 Å². The third-order valence-electron chi connectivity index (χ3n) is 3.48. The van der Waals surface area contributed by atoms with Crippen LogP contribution in [-0.4, -0.2) is 23.3 Å². The fraction of sp³-hybridized carbons (Fsp3) is 0.222. The second-order valence-electron chi connectivity index (χ2n) is 5.64. The smallest absolute Gasteiger partial charge is 0.269 e. The lowest BCUT2D eigenvalue weighted by molar-refractivity contribution is -0.384. The molecule has 0 heterocycles. The third kappa shape index (κ3) is 6.23. The van der Waals surface area contributed by atoms with Gasteiger partial charge >= 0.3 is 0 Å².